The third kappa shape index (κ3) is 4.59. The van der Waals surface area contributed by atoms with Gasteiger partial charge in [-0.1, -0.05) is 24.3 Å². The fourth-order valence-corrected chi connectivity index (χ4v) is 2.70. The summed E-state index contributed by atoms with van der Waals surface area (Å²) in [4.78, 5) is 29.2. The first-order valence-electron chi connectivity index (χ1n) is 8.81. The Balaban J connectivity index is 1.72. The number of amides is 2. The molecule has 0 bridgehead atoms. The van der Waals surface area contributed by atoms with Crippen molar-refractivity contribution in [1.82, 2.24) is 10.3 Å². The molecule has 0 radical (unpaired) electrons. The molecule has 0 aliphatic carbocycles. The number of pyridine rings is 1. The van der Waals surface area contributed by atoms with E-state index in [1.54, 1.807) is 31.2 Å². The van der Waals surface area contributed by atoms with E-state index in [4.69, 9.17) is 0 Å². The summed E-state index contributed by atoms with van der Waals surface area (Å²) >= 11 is 0. The number of aromatic nitrogens is 1. The Morgan fingerprint density at radius 2 is 1.75 bits per heavy atom. The molecule has 0 spiro atoms. The molecule has 0 aliphatic rings. The summed E-state index contributed by atoms with van der Waals surface area (Å²) in [5, 5.41) is 5.48. The predicted molar refractivity (Wildman–Crippen MR) is 106 cm³/mol. The van der Waals surface area contributed by atoms with Crippen LogP contribution in [-0.2, 0) is 6.54 Å². The van der Waals surface area contributed by atoms with Gasteiger partial charge >= 0.3 is 0 Å². The maximum atomic E-state index is 13.8. The van der Waals surface area contributed by atoms with Crippen molar-refractivity contribution in [3.05, 3.63) is 94.6 Å². The Bertz CT molecular complexity index is 1030. The number of carbonyl (C=O) groups excluding carboxylic acids is 2. The van der Waals surface area contributed by atoms with E-state index in [-0.39, 0.29) is 11.5 Å². The predicted octanol–water partition coefficient (Wildman–Crippen LogP) is 4.02. The second-order valence-electron chi connectivity index (χ2n) is 6.42. The molecular formula is C22H20FN3O2. The normalized spacial score (nSPS) is 10.4. The van der Waals surface area contributed by atoms with Gasteiger partial charge in [0.1, 0.15) is 5.82 Å². The highest BCUT2D eigenvalue weighted by molar-refractivity contribution is 6.05. The Hall–Kier alpha value is -3.54. The lowest BCUT2D eigenvalue weighted by atomic mass is 10.1. The summed E-state index contributed by atoms with van der Waals surface area (Å²) < 4.78 is 13.8. The maximum Gasteiger partial charge on any atom is 0.258 e. The number of hydrogen-bond donors (Lipinski definition) is 2. The lowest BCUT2D eigenvalue weighted by Crippen LogP contribution is -2.24. The lowest BCUT2D eigenvalue weighted by Gasteiger charge is -2.11. The van der Waals surface area contributed by atoms with Crippen molar-refractivity contribution in [1.29, 1.82) is 0 Å². The third-order valence-electron chi connectivity index (χ3n) is 4.24. The highest BCUT2D eigenvalue weighted by atomic mass is 19.1. The van der Waals surface area contributed by atoms with Crippen molar-refractivity contribution in [2.45, 2.75) is 20.4 Å². The molecule has 0 saturated heterocycles. The van der Waals surface area contributed by atoms with E-state index in [9.17, 15) is 14.0 Å². The molecule has 0 fully saturated rings. The van der Waals surface area contributed by atoms with Gasteiger partial charge in [-0.15, -0.1) is 0 Å². The van der Waals surface area contributed by atoms with Crippen LogP contribution >= 0.6 is 0 Å². The number of carbonyl (C=O) groups is 2. The number of anilines is 1. The molecule has 6 heteroatoms. The zero-order valence-corrected chi connectivity index (χ0v) is 15.6. The molecule has 3 rings (SSSR count). The highest BCUT2D eigenvalue weighted by Crippen LogP contribution is 2.19. The third-order valence-corrected chi connectivity index (χ3v) is 4.24. The van der Waals surface area contributed by atoms with Gasteiger partial charge in [-0.05, 0) is 55.8 Å². The van der Waals surface area contributed by atoms with Gasteiger partial charge in [-0.25, -0.2) is 4.39 Å². The van der Waals surface area contributed by atoms with Crippen LogP contribution < -0.4 is 10.6 Å². The largest absolute Gasteiger partial charge is 0.346 e. The lowest BCUT2D eigenvalue weighted by molar-refractivity contribution is 0.0949. The Morgan fingerprint density at radius 1 is 0.964 bits per heavy atom. The first-order chi connectivity index (χ1) is 13.4. The van der Waals surface area contributed by atoms with Crippen LogP contribution in [0.25, 0.3) is 0 Å². The quantitative estimate of drug-likeness (QED) is 0.705. The van der Waals surface area contributed by atoms with Crippen LogP contribution in [0, 0.1) is 19.7 Å². The SMILES string of the molecule is Cc1cccc(CNC(=O)c2ccc(C)c(NC(=O)c3ccccc3F)c2)n1. The van der Waals surface area contributed by atoms with E-state index in [1.165, 1.54) is 18.2 Å². The van der Waals surface area contributed by atoms with E-state index in [0.717, 1.165) is 17.0 Å². The van der Waals surface area contributed by atoms with Crippen molar-refractivity contribution >= 4 is 17.5 Å². The maximum absolute atomic E-state index is 13.8. The van der Waals surface area contributed by atoms with Crippen LogP contribution in [-0.4, -0.2) is 16.8 Å². The summed E-state index contributed by atoms with van der Waals surface area (Å²) in [5.74, 6) is -1.45. The average molecular weight is 377 g/mol. The van der Waals surface area contributed by atoms with Crippen LogP contribution in [0.1, 0.15) is 37.7 Å². The van der Waals surface area contributed by atoms with Crippen LogP contribution in [0.4, 0.5) is 10.1 Å². The number of aryl methyl sites for hydroxylation is 2. The van der Waals surface area contributed by atoms with Gasteiger partial charge in [0.05, 0.1) is 17.8 Å². The Labute approximate surface area is 162 Å². The molecule has 142 valence electrons. The second-order valence-corrected chi connectivity index (χ2v) is 6.42. The van der Waals surface area contributed by atoms with E-state index in [0.29, 0.717) is 17.8 Å². The standard InChI is InChI=1S/C22H20FN3O2/c1-14-10-11-16(21(27)24-13-17-7-5-6-15(2)25-17)12-20(14)26-22(28)18-8-3-4-9-19(18)23/h3-12H,13H2,1-2H3,(H,24,27)(H,26,28). The monoisotopic (exact) mass is 377 g/mol. The minimum atomic E-state index is -0.600. The number of nitrogens with one attached hydrogen (secondary N) is 2. The fraction of sp³-hybridized carbons (Fsp3) is 0.136. The van der Waals surface area contributed by atoms with Gasteiger partial charge in [0.2, 0.25) is 0 Å². The van der Waals surface area contributed by atoms with Crippen LogP contribution in [0.5, 0.6) is 0 Å². The van der Waals surface area contributed by atoms with Gasteiger partial charge in [-0.2, -0.15) is 0 Å². The van der Waals surface area contributed by atoms with Gasteiger partial charge in [0.15, 0.2) is 0 Å². The van der Waals surface area contributed by atoms with Crippen molar-refractivity contribution < 1.29 is 14.0 Å². The summed E-state index contributed by atoms with van der Waals surface area (Å²) in [6, 6.07) is 16.3. The van der Waals surface area contributed by atoms with Crippen molar-refractivity contribution in [3.63, 3.8) is 0 Å². The molecular weight excluding hydrogens is 357 g/mol. The summed E-state index contributed by atoms with van der Waals surface area (Å²) in [7, 11) is 0. The Morgan fingerprint density at radius 3 is 2.50 bits per heavy atom. The summed E-state index contributed by atoms with van der Waals surface area (Å²) in [6.07, 6.45) is 0. The molecule has 28 heavy (non-hydrogen) atoms. The Kier molecular flexibility index (Phi) is 5.79. The first-order valence-corrected chi connectivity index (χ1v) is 8.81. The van der Waals surface area contributed by atoms with Crippen LogP contribution in [0.2, 0.25) is 0 Å². The molecule has 5 nitrogen and oxygen atoms in total. The topological polar surface area (TPSA) is 71.1 Å². The summed E-state index contributed by atoms with van der Waals surface area (Å²) in [5.41, 5.74) is 3.19. The van der Waals surface area contributed by atoms with Crippen molar-refractivity contribution in [2.75, 3.05) is 5.32 Å². The zero-order chi connectivity index (χ0) is 20.1. The van der Waals surface area contributed by atoms with Gasteiger partial charge in [0.25, 0.3) is 11.8 Å². The second kappa shape index (κ2) is 8.43. The first kappa shape index (κ1) is 19.2. The van der Waals surface area contributed by atoms with Crippen LogP contribution in [0.15, 0.2) is 60.7 Å². The van der Waals surface area contributed by atoms with E-state index < -0.39 is 11.7 Å². The summed E-state index contributed by atoms with van der Waals surface area (Å²) in [6.45, 7) is 3.98. The minimum absolute atomic E-state index is 0.0534. The molecule has 0 atom stereocenters. The number of halogens is 1. The van der Waals surface area contributed by atoms with Crippen LogP contribution in [0.3, 0.4) is 0 Å². The fourth-order valence-electron chi connectivity index (χ4n) is 2.70. The molecule has 1 aromatic heterocycles. The molecule has 3 aromatic rings. The molecule has 2 aromatic carbocycles. The van der Waals surface area contributed by atoms with Crippen molar-refractivity contribution in [2.24, 2.45) is 0 Å². The molecule has 2 N–H and O–H groups in total. The molecule has 2 amide bonds. The minimum Gasteiger partial charge on any atom is -0.346 e. The number of benzene rings is 2. The average Bonchev–Trinajstić information content (AvgIpc) is 2.68. The van der Waals surface area contributed by atoms with Gasteiger partial charge < -0.3 is 10.6 Å². The van der Waals surface area contributed by atoms with E-state index >= 15 is 0 Å². The number of hydrogen-bond acceptors (Lipinski definition) is 3. The molecule has 0 saturated carbocycles. The molecule has 1 heterocycles. The highest BCUT2D eigenvalue weighted by Gasteiger charge is 2.14. The number of rotatable bonds is 5. The van der Waals surface area contributed by atoms with E-state index in [1.807, 2.05) is 25.1 Å². The van der Waals surface area contributed by atoms with Gasteiger partial charge in [-0.3, -0.25) is 14.6 Å². The zero-order valence-electron chi connectivity index (χ0n) is 15.6. The smallest absolute Gasteiger partial charge is 0.258 e. The number of nitrogens with zero attached hydrogens (tertiary/aromatic N) is 1. The van der Waals surface area contributed by atoms with Crippen molar-refractivity contribution in [3.8, 4) is 0 Å². The van der Waals surface area contributed by atoms with Gasteiger partial charge in [0, 0.05) is 16.9 Å². The van der Waals surface area contributed by atoms with E-state index in [2.05, 4.69) is 15.6 Å². The molecule has 0 aliphatic heterocycles. The molecule has 0 unspecified atom stereocenters.